The lowest BCUT2D eigenvalue weighted by atomic mass is 10.2. The van der Waals surface area contributed by atoms with Gasteiger partial charge in [-0.25, -0.2) is 0 Å². The fraction of sp³-hybridized carbons (Fsp3) is 0.273. The van der Waals surface area contributed by atoms with Crippen molar-refractivity contribution in [1.82, 2.24) is 4.57 Å². The van der Waals surface area contributed by atoms with Crippen molar-refractivity contribution in [3.05, 3.63) is 46.4 Å². The average molecular weight is 188 g/mol. The lowest BCUT2D eigenvalue weighted by Crippen LogP contribution is -2.22. The van der Waals surface area contributed by atoms with Crippen molar-refractivity contribution < 1.29 is 0 Å². The third-order valence-corrected chi connectivity index (χ3v) is 2.13. The molecule has 0 radical (unpaired) electrons. The summed E-state index contributed by atoms with van der Waals surface area (Å²) < 4.78 is 1.60. The first-order valence-electron chi connectivity index (χ1n) is 4.42. The Labute approximate surface area is 82.9 Å². The van der Waals surface area contributed by atoms with Crippen LogP contribution in [-0.4, -0.2) is 4.57 Å². The van der Waals surface area contributed by atoms with Gasteiger partial charge >= 0.3 is 0 Å². The van der Waals surface area contributed by atoms with Gasteiger partial charge in [0.15, 0.2) is 0 Å². The van der Waals surface area contributed by atoms with Crippen molar-refractivity contribution in [1.29, 1.82) is 5.26 Å². The molecule has 0 saturated heterocycles. The molecular weight excluding hydrogens is 176 g/mol. The smallest absolute Gasteiger partial charge is 0.250 e. The second-order valence-corrected chi connectivity index (χ2v) is 3.01. The number of aromatic nitrogens is 1. The molecule has 1 heterocycles. The summed E-state index contributed by atoms with van der Waals surface area (Å²) in [5.41, 5.74) is 1.21. The molecule has 0 saturated carbocycles. The summed E-state index contributed by atoms with van der Waals surface area (Å²) in [5.74, 6) is 0. The van der Waals surface area contributed by atoms with Gasteiger partial charge in [-0.05, 0) is 19.4 Å². The maximum atomic E-state index is 11.4. The molecule has 3 heteroatoms. The molecule has 0 unspecified atom stereocenters. The van der Waals surface area contributed by atoms with Crippen LogP contribution in [0.1, 0.15) is 17.7 Å². The quantitative estimate of drug-likeness (QED) is 0.676. The average Bonchev–Trinajstić information content (AvgIpc) is 2.18. The van der Waals surface area contributed by atoms with E-state index >= 15 is 0 Å². The van der Waals surface area contributed by atoms with Crippen LogP contribution in [0, 0.1) is 18.3 Å². The molecule has 0 atom stereocenters. The van der Waals surface area contributed by atoms with Crippen LogP contribution in [-0.2, 0) is 6.54 Å². The number of hydrogen-bond acceptors (Lipinski definition) is 2. The number of allylic oxidation sites excluding steroid dienone is 1. The van der Waals surface area contributed by atoms with Gasteiger partial charge in [0.05, 0.1) is 5.56 Å². The second kappa shape index (κ2) is 4.43. The van der Waals surface area contributed by atoms with Crippen molar-refractivity contribution in [2.45, 2.75) is 19.9 Å². The zero-order valence-electron chi connectivity index (χ0n) is 8.16. The Bertz CT molecular complexity index is 438. The van der Waals surface area contributed by atoms with Gasteiger partial charge in [-0.3, -0.25) is 4.79 Å². The minimum absolute atomic E-state index is 0.0663. The van der Waals surface area contributed by atoms with E-state index in [0.717, 1.165) is 12.1 Å². The first kappa shape index (κ1) is 10.3. The first-order valence-corrected chi connectivity index (χ1v) is 4.42. The Morgan fingerprint density at radius 1 is 1.64 bits per heavy atom. The molecule has 0 aromatic carbocycles. The molecule has 1 rings (SSSR count). The van der Waals surface area contributed by atoms with E-state index in [0.29, 0.717) is 12.1 Å². The Balaban J connectivity index is 3.20. The number of pyridine rings is 1. The van der Waals surface area contributed by atoms with Crippen molar-refractivity contribution in [2.24, 2.45) is 0 Å². The van der Waals surface area contributed by atoms with E-state index in [4.69, 9.17) is 5.26 Å². The van der Waals surface area contributed by atoms with E-state index < -0.39 is 0 Å². The molecule has 0 aliphatic heterocycles. The summed E-state index contributed by atoms with van der Waals surface area (Å²) >= 11 is 0. The molecule has 0 spiro atoms. The van der Waals surface area contributed by atoms with E-state index in [1.807, 2.05) is 0 Å². The third-order valence-electron chi connectivity index (χ3n) is 2.13. The van der Waals surface area contributed by atoms with Gasteiger partial charge in [-0.2, -0.15) is 5.26 Å². The molecule has 0 amide bonds. The highest BCUT2D eigenvalue weighted by molar-refractivity contribution is 5.32. The van der Waals surface area contributed by atoms with Crippen LogP contribution in [0.2, 0.25) is 0 Å². The first-order chi connectivity index (χ1) is 6.70. The molecule has 72 valence electrons. The van der Waals surface area contributed by atoms with Crippen LogP contribution in [0.25, 0.3) is 0 Å². The van der Waals surface area contributed by atoms with Crippen LogP contribution in [0.5, 0.6) is 0 Å². The lowest BCUT2D eigenvalue weighted by molar-refractivity contribution is 0.658. The second-order valence-electron chi connectivity index (χ2n) is 3.01. The van der Waals surface area contributed by atoms with E-state index in [2.05, 4.69) is 12.6 Å². The Kier molecular flexibility index (Phi) is 3.24. The predicted octanol–water partition coefficient (Wildman–Crippen LogP) is 1.60. The summed E-state index contributed by atoms with van der Waals surface area (Å²) in [4.78, 5) is 11.4. The summed E-state index contributed by atoms with van der Waals surface area (Å²) in [6.45, 7) is 5.97. The lowest BCUT2D eigenvalue weighted by Gasteiger charge is -2.08. The van der Waals surface area contributed by atoms with Gasteiger partial charge < -0.3 is 4.57 Å². The fourth-order valence-corrected chi connectivity index (χ4v) is 1.29. The van der Waals surface area contributed by atoms with Gasteiger partial charge in [-0.1, -0.05) is 6.08 Å². The number of nitriles is 1. The van der Waals surface area contributed by atoms with Gasteiger partial charge in [0, 0.05) is 18.3 Å². The van der Waals surface area contributed by atoms with E-state index in [1.54, 1.807) is 23.6 Å². The molecular formula is C11H12N2O. The molecule has 3 nitrogen and oxygen atoms in total. The Morgan fingerprint density at radius 2 is 2.36 bits per heavy atom. The predicted molar refractivity (Wildman–Crippen MR) is 55.0 cm³/mol. The van der Waals surface area contributed by atoms with E-state index in [1.165, 1.54) is 6.07 Å². The van der Waals surface area contributed by atoms with Gasteiger partial charge in [0.25, 0.3) is 5.56 Å². The topological polar surface area (TPSA) is 45.8 Å². The van der Waals surface area contributed by atoms with Gasteiger partial charge in [0.2, 0.25) is 0 Å². The van der Waals surface area contributed by atoms with Gasteiger partial charge in [-0.15, -0.1) is 6.58 Å². The summed E-state index contributed by atoms with van der Waals surface area (Å²) in [6.07, 6.45) is 2.49. The zero-order chi connectivity index (χ0) is 10.6. The maximum Gasteiger partial charge on any atom is 0.250 e. The maximum absolute atomic E-state index is 11.4. The molecule has 1 aromatic rings. The molecule has 0 bridgehead atoms. The van der Waals surface area contributed by atoms with Crippen LogP contribution in [0.4, 0.5) is 0 Å². The normalized spacial score (nSPS) is 9.43. The van der Waals surface area contributed by atoms with Gasteiger partial charge in [0.1, 0.15) is 6.07 Å². The molecule has 14 heavy (non-hydrogen) atoms. The van der Waals surface area contributed by atoms with Crippen LogP contribution < -0.4 is 5.56 Å². The number of hydrogen-bond donors (Lipinski definition) is 0. The van der Waals surface area contributed by atoms with Crippen molar-refractivity contribution in [2.75, 3.05) is 0 Å². The highest BCUT2D eigenvalue weighted by atomic mass is 16.1. The van der Waals surface area contributed by atoms with Crippen molar-refractivity contribution >= 4 is 0 Å². The van der Waals surface area contributed by atoms with Crippen LogP contribution >= 0.6 is 0 Å². The SMILES string of the molecule is C=CCCn1c(C)c(C#N)ccc1=O. The minimum atomic E-state index is -0.0663. The third kappa shape index (κ3) is 1.91. The Hall–Kier alpha value is -1.82. The molecule has 0 N–H and O–H groups in total. The molecule has 0 aliphatic carbocycles. The summed E-state index contributed by atoms with van der Waals surface area (Å²) in [6, 6.07) is 5.04. The highest BCUT2D eigenvalue weighted by Crippen LogP contribution is 2.03. The fourth-order valence-electron chi connectivity index (χ4n) is 1.29. The zero-order valence-corrected chi connectivity index (χ0v) is 8.16. The highest BCUT2D eigenvalue weighted by Gasteiger charge is 2.03. The number of rotatable bonds is 3. The van der Waals surface area contributed by atoms with Crippen molar-refractivity contribution in [3.8, 4) is 6.07 Å². The standard InChI is InChI=1S/C11H12N2O/c1-3-4-7-13-9(2)10(8-12)5-6-11(13)14/h3,5-6H,1,4,7H2,2H3. The largest absolute Gasteiger partial charge is 0.311 e. The number of nitrogens with zero attached hydrogens (tertiary/aromatic N) is 2. The summed E-state index contributed by atoms with van der Waals surface area (Å²) in [7, 11) is 0. The minimum Gasteiger partial charge on any atom is -0.311 e. The van der Waals surface area contributed by atoms with Crippen LogP contribution in [0.3, 0.4) is 0 Å². The molecule has 1 aromatic heterocycles. The van der Waals surface area contributed by atoms with Crippen LogP contribution in [0.15, 0.2) is 29.6 Å². The summed E-state index contributed by atoms with van der Waals surface area (Å²) in [5, 5.41) is 8.77. The Morgan fingerprint density at radius 3 is 2.93 bits per heavy atom. The molecule has 0 fully saturated rings. The monoisotopic (exact) mass is 188 g/mol. The van der Waals surface area contributed by atoms with E-state index in [9.17, 15) is 4.79 Å². The van der Waals surface area contributed by atoms with E-state index in [-0.39, 0.29) is 5.56 Å². The molecule has 0 aliphatic rings. The van der Waals surface area contributed by atoms with Crippen molar-refractivity contribution in [3.63, 3.8) is 0 Å².